The van der Waals surface area contributed by atoms with E-state index < -0.39 is 0 Å². The largest absolute Gasteiger partial charge is 0.362 e. The highest BCUT2D eigenvalue weighted by Crippen LogP contribution is 2.38. The Kier molecular flexibility index (Phi) is 6.27. The molecule has 3 aromatic rings. The molecule has 3 aliphatic heterocycles. The molecule has 2 N–H and O–H groups in total. The third kappa shape index (κ3) is 5.06. The van der Waals surface area contributed by atoms with Crippen LogP contribution in [0.3, 0.4) is 0 Å². The molecule has 3 aromatic carbocycles. The van der Waals surface area contributed by atoms with Gasteiger partial charge in [0.05, 0.1) is 6.04 Å². The molecule has 6 rings (SSSR count). The molecule has 0 bridgehead atoms. The summed E-state index contributed by atoms with van der Waals surface area (Å²) in [7, 11) is 0. The molecule has 3 heterocycles. The maximum absolute atomic E-state index is 5.21. The Labute approximate surface area is 233 Å². The molecule has 4 nitrogen and oxygen atoms in total. The molecule has 39 heavy (non-hydrogen) atoms. The fraction of sp³-hybridized carbons (Fsp3) is 0.343. The Bertz CT molecular complexity index is 1450. The summed E-state index contributed by atoms with van der Waals surface area (Å²) < 4.78 is 0. The second-order valence-corrected chi connectivity index (χ2v) is 13.1. The first-order chi connectivity index (χ1) is 18.6. The Balaban J connectivity index is 1.33. The van der Waals surface area contributed by atoms with Gasteiger partial charge >= 0.3 is 0 Å². The van der Waals surface area contributed by atoms with Crippen molar-refractivity contribution in [3.05, 3.63) is 130 Å². The van der Waals surface area contributed by atoms with E-state index in [9.17, 15) is 0 Å². The van der Waals surface area contributed by atoms with E-state index in [4.69, 9.17) is 4.99 Å². The van der Waals surface area contributed by atoms with Gasteiger partial charge in [0, 0.05) is 23.9 Å². The summed E-state index contributed by atoms with van der Waals surface area (Å²) in [4.78, 5) is 7.65. The van der Waals surface area contributed by atoms with Crippen LogP contribution in [0, 0.1) is 0 Å². The summed E-state index contributed by atoms with van der Waals surface area (Å²) in [5.74, 6) is 0.922. The number of aliphatic imine (C=N–C) groups is 1. The van der Waals surface area contributed by atoms with Crippen molar-refractivity contribution in [2.24, 2.45) is 4.99 Å². The number of benzene rings is 3. The first kappa shape index (κ1) is 25.6. The van der Waals surface area contributed by atoms with Crippen molar-refractivity contribution >= 4 is 5.84 Å². The first-order valence-electron chi connectivity index (χ1n) is 14.1. The van der Waals surface area contributed by atoms with Crippen LogP contribution in [0.1, 0.15) is 87.1 Å². The summed E-state index contributed by atoms with van der Waals surface area (Å²) in [5, 5.41) is 7.50. The zero-order chi connectivity index (χ0) is 27.4. The number of fused-ring (bicyclic) bond motifs is 3. The Morgan fingerprint density at radius 1 is 0.795 bits per heavy atom. The van der Waals surface area contributed by atoms with Gasteiger partial charge in [0.1, 0.15) is 18.2 Å². The molecule has 0 fully saturated rings. The normalized spacial score (nSPS) is 22.5. The predicted octanol–water partition coefficient (Wildman–Crippen LogP) is 7.26. The minimum Gasteiger partial charge on any atom is -0.362 e. The molecule has 4 heteroatoms. The number of rotatable bonds is 3. The van der Waals surface area contributed by atoms with Crippen molar-refractivity contribution in [2.75, 3.05) is 0 Å². The summed E-state index contributed by atoms with van der Waals surface area (Å²) in [6, 6.07) is 26.9. The standard InChI is InChI=1S/C35H40N4/c1-34(2,3)27-16-11-23(12-17-27)31-36-32(24-13-18-28(19-14-24)35(4,5)6)38-33(37-31)26-15-20-30-29-10-8-7-9-25(29)21-39(30)22-26/h7-20,22,30-31,33,37H,21H2,1-6H3,(H,36,38). The molecule has 0 aromatic heterocycles. The van der Waals surface area contributed by atoms with Crippen LogP contribution in [0.4, 0.5) is 0 Å². The minimum absolute atomic E-state index is 0.0541. The second kappa shape index (κ2) is 9.53. The number of amidine groups is 1. The molecule has 0 radical (unpaired) electrons. The molecule has 3 unspecified atom stereocenters. The Morgan fingerprint density at radius 2 is 1.44 bits per heavy atom. The van der Waals surface area contributed by atoms with Gasteiger partial charge in [-0.05, 0) is 38.6 Å². The quantitative estimate of drug-likeness (QED) is 0.385. The molecular weight excluding hydrogens is 476 g/mol. The maximum atomic E-state index is 5.21. The smallest absolute Gasteiger partial charge is 0.131 e. The van der Waals surface area contributed by atoms with Crippen LogP contribution < -0.4 is 10.6 Å². The zero-order valence-corrected chi connectivity index (χ0v) is 24.0. The van der Waals surface area contributed by atoms with E-state index in [0.717, 1.165) is 17.9 Å². The number of nitrogens with zero attached hydrogens (tertiary/aromatic N) is 2. The minimum atomic E-state index is -0.156. The van der Waals surface area contributed by atoms with Crippen molar-refractivity contribution in [1.82, 2.24) is 15.5 Å². The van der Waals surface area contributed by atoms with Crippen LogP contribution in [0.25, 0.3) is 0 Å². The highest BCUT2D eigenvalue weighted by Gasteiger charge is 2.32. The van der Waals surface area contributed by atoms with Crippen LogP contribution in [-0.2, 0) is 17.4 Å². The molecule has 0 saturated carbocycles. The molecule has 0 spiro atoms. The average Bonchev–Trinajstić information content (AvgIpc) is 3.30. The molecule has 3 atom stereocenters. The van der Waals surface area contributed by atoms with Gasteiger partial charge in [-0.25, -0.2) is 4.99 Å². The third-order valence-electron chi connectivity index (χ3n) is 8.18. The van der Waals surface area contributed by atoms with E-state index in [1.165, 1.54) is 33.4 Å². The van der Waals surface area contributed by atoms with Gasteiger partial charge in [-0.15, -0.1) is 0 Å². The lowest BCUT2D eigenvalue weighted by Crippen LogP contribution is -2.49. The van der Waals surface area contributed by atoms with Crippen LogP contribution in [0.5, 0.6) is 0 Å². The van der Waals surface area contributed by atoms with Gasteiger partial charge in [-0.1, -0.05) is 126 Å². The molecule has 0 amide bonds. The summed E-state index contributed by atoms with van der Waals surface area (Å²) in [5.41, 5.74) is 9.20. The zero-order valence-electron chi connectivity index (χ0n) is 24.0. The summed E-state index contributed by atoms with van der Waals surface area (Å²) in [6.45, 7) is 14.5. The molecule has 0 saturated heterocycles. The van der Waals surface area contributed by atoms with E-state index in [1.54, 1.807) is 0 Å². The lowest BCUT2D eigenvalue weighted by Gasteiger charge is -2.35. The number of hydrogen-bond acceptors (Lipinski definition) is 4. The van der Waals surface area contributed by atoms with Gasteiger partial charge < -0.3 is 10.2 Å². The average molecular weight is 517 g/mol. The van der Waals surface area contributed by atoms with Crippen molar-refractivity contribution in [3.8, 4) is 0 Å². The van der Waals surface area contributed by atoms with Crippen LogP contribution >= 0.6 is 0 Å². The number of hydrogen-bond donors (Lipinski definition) is 2. The SMILES string of the molecule is CC(C)(C)c1ccc(C2=NC(C3=CN4Cc5ccccc5C4C=C3)NC(c3ccc(C(C)(C)C)cc3)N2)cc1. The van der Waals surface area contributed by atoms with E-state index in [2.05, 4.69) is 148 Å². The van der Waals surface area contributed by atoms with E-state index in [0.29, 0.717) is 6.04 Å². The van der Waals surface area contributed by atoms with Crippen LogP contribution in [0.15, 0.2) is 102 Å². The lowest BCUT2D eigenvalue weighted by atomic mass is 9.86. The summed E-state index contributed by atoms with van der Waals surface area (Å²) in [6.07, 6.45) is 6.68. The number of nitrogens with one attached hydrogen (secondary N) is 2. The highest BCUT2D eigenvalue weighted by atomic mass is 15.3. The van der Waals surface area contributed by atoms with E-state index in [-0.39, 0.29) is 23.2 Å². The monoisotopic (exact) mass is 516 g/mol. The van der Waals surface area contributed by atoms with Crippen molar-refractivity contribution in [3.63, 3.8) is 0 Å². The van der Waals surface area contributed by atoms with Gasteiger partial charge in [0.25, 0.3) is 0 Å². The Morgan fingerprint density at radius 3 is 2.10 bits per heavy atom. The Hall–Kier alpha value is -3.63. The predicted molar refractivity (Wildman–Crippen MR) is 162 cm³/mol. The molecule has 0 aliphatic carbocycles. The van der Waals surface area contributed by atoms with Crippen molar-refractivity contribution in [2.45, 2.75) is 77.3 Å². The van der Waals surface area contributed by atoms with Crippen molar-refractivity contribution in [1.29, 1.82) is 0 Å². The fourth-order valence-corrected chi connectivity index (χ4v) is 5.73. The molecule has 200 valence electrons. The van der Waals surface area contributed by atoms with Gasteiger partial charge in [-0.3, -0.25) is 5.32 Å². The lowest BCUT2D eigenvalue weighted by molar-refractivity contribution is 0.338. The third-order valence-corrected chi connectivity index (χ3v) is 8.18. The first-order valence-corrected chi connectivity index (χ1v) is 14.1. The highest BCUT2D eigenvalue weighted by molar-refractivity contribution is 5.99. The van der Waals surface area contributed by atoms with Crippen molar-refractivity contribution < 1.29 is 0 Å². The topological polar surface area (TPSA) is 39.7 Å². The maximum Gasteiger partial charge on any atom is 0.131 e. The van der Waals surface area contributed by atoms with E-state index in [1.807, 2.05) is 0 Å². The molecular formula is C35H40N4. The van der Waals surface area contributed by atoms with Gasteiger partial charge in [-0.2, -0.15) is 0 Å². The van der Waals surface area contributed by atoms with Crippen LogP contribution in [-0.4, -0.2) is 16.9 Å². The fourth-order valence-electron chi connectivity index (χ4n) is 5.73. The van der Waals surface area contributed by atoms with Crippen LogP contribution in [0.2, 0.25) is 0 Å². The van der Waals surface area contributed by atoms with Gasteiger partial charge in [0.15, 0.2) is 0 Å². The molecule has 3 aliphatic rings. The van der Waals surface area contributed by atoms with E-state index >= 15 is 0 Å². The second-order valence-electron chi connectivity index (χ2n) is 13.1. The van der Waals surface area contributed by atoms with Gasteiger partial charge in [0.2, 0.25) is 0 Å². The summed E-state index contributed by atoms with van der Waals surface area (Å²) >= 11 is 0.